The van der Waals surface area contributed by atoms with E-state index in [1.807, 2.05) is 6.92 Å². The zero-order valence-corrected chi connectivity index (χ0v) is 10.2. The Balaban J connectivity index is 2.01. The van der Waals surface area contributed by atoms with Crippen molar-refractivity contribution in [2.24, 2.45) is 0 Å². The van der Waals surface area contributed by atoms with Crippen LogP contribution in [0.5, 0.6) is 0 Å². The molecule has 1 aromatic rings. The van der Waals surface area contributed by atoms with Gasteiger partial charge in [-0.2, -0.15) is 0 Å². The molecule has 1 saturated heterocycles. The maximum Gasteiger partial charge on any atom is 0.131 e. The van der Waals surface area contributed by atoms with E-state index in [0.717, 1.165) is 18.8 Å². The average Bonchev–Trinajstić information content (AvgIpc) is 2.74. The molecule has 3 N–H and O–H groups in total. The molecule has 0 bridgehead atoms. The number of nitrogens with two attached hydrogens (primary N) is 1. The Morgan fingerprint density at radius 2 is 2.41 bits per heavy atom. The fourth-order valence-electron chi connectivity index (χ4n) is 1.89. The molecule has 0 aromatic carbocycles. The first-order valence-electron chi connectivity index (χ1n) is 5.61. The predicted octanol–water partition coefficient (Wildman–Crippen LogP) is 0.585. The summed E-state index contributed by atoms with van der Waals surface area (Å²) in [4.78, 5) is 8.28. The first kappa shape index (κ1) is 12.1. The van der Waals surface area contributed by atoms with Crippen LogP contribution in [0.25, 0.3) is 0 Å². The maximum atomic E-state index is 5.66. The maximum absolute atomic E-state index is 5.66. The molecule has 1 aliphatic heterocycles. The standard InChI is InChI=1S/C11H18N4O2/c1-8-14-9(12)5-10(15-8)13-6-11(16-2)3-4-17-7-11/h5H,3-4,6-7H2,1-2H3,(H3,12,13,14,15). The molecule has 0 amide bonds. The van der Waals surface area contributed by atoms with Gasteiger partial charge in [-0.15, -0.1) is 0 Å². The van der Waals surface area contributed by atoms with Gasteiger partial charge in [-0.05, 0) is 6.92 Å². The van der Waals surface area contributed by atoms with Crippen LogP contribution in [-0.2, 0) is 9.47 Å². The predicted molar refractivity (Wildman–Crippen MR) is 64.8 cm³/mol. The van der Waals surface area contributed by atoms with Gasteiger partial charge in [-0.25, -0.2) is 9.97 Å². The van der Waals surface area contributed by atoms with Gasteiger partial charge in [0.2, 0.25) is 0 Å². The van der Waals surface area contributed by atoms with Crippen LogP contribution in [0.3, 0.4) is 0 Å². The molecule has 2 rings (SSSR count). The summed E-state index contributed by atoms with van der Waals surface area (Å²) in [5.74, 6) is 1.84. The van der Waals surface area contributed by atoms with E-state index in [0.29, 0.717) is 24.8 Å². The number of ether oxygens (including phenoxy) is 2. The highest BCUT2D eigenvalue weighted by Crippen LogP contribution is 2.23. The van der Waals surface area contributed by atoms with Crippen LogP contribution in [0.1, 0.15) is 12.2 Å². The van der Waals surface area contributed by atoms with Crippen LogP contribution in [-0.4, -0.2) is 42.4 Å². The number of hydrogen-bond acceptors (Lipinski definition) is 6. The second-order valence-corrected chi connectivity index (χ2v) is 4.27. The number of nitrogens with zero attached hydrogens (tertiary/aromatic N) is 2. The van der Waals surface area contributed by atoms with Crippen LogP contribution in [0.4, 0.5) is 11.6 Å². The summed E-state index contributed by atoms with van der Waals surface area (Å²) >= 11 is 0. The van der Waals surface area contributed by atoms with Crippen LogP contribution >= 0.6 is 0 Å². The van der Waals surface area contributed by atoms with Crippen LogP contribution in [0, 0.1) is 6.92 Å². The van der Waals surface area contributed by atoms with Gasteiger partial charge in [0.1, 0.15) is 23.1 Å². The summed E-state index contributed by atoms with van der Waals surface area (Å²) in [5, 5.41) is 3.22. The van der Waals surface area contributed by atoms with E-state index in [2.05, 4.69) is 15.3 Å². The number of anilines is 2. The third-order valence-electron chi connectivity index (χ3n) is 2.95. The van der Waals surface area contributed by atoms with Crippen molar-refractivity contribution >= 4 is 11.6 Å². The van der Waals surface area contributed by atoms with Crippen molar-refractivity contribution in [1.82, 2.24) is 9.97 Å². The fraction of sp³-hybridized carbons (Fsp3) is 0.636. The lowest BCUT2D eigenvalue weighted by atomic mass is 10.0. The number of aromatic nitrogens is 2. The van der Waals surface area contributed by atoms with E-state index in [1.54, 1.807) is 13.2 Å². The summed E-state index contributed by atoms with van der Waals surface area (Å²) in [6.07, 6.45) is 0.885. The molecule has 6 heteroatoms. The smallest absolute Gasteiger partial charge is 0.131 e. The molecular formula is C11H18N4O2. The summed E-state index contributed by atoms with van der Waals surface area (Å²) in [7, 11) is 1.70. The van der Waals surface area contributed by atoms with Gasteiger partial charge in [0.25, 0.3) is 0 Å². The molecule has 1 fully saturated rings. The highest BCUT2D eigenvalue weighted by atomic mass is 16.5. The first-order valence-corrected chi connectivity index (χ1v) is 5.61. The lowest BCUT2D eigenvalue weighted by Crippen LogP contribution is -2.39. The average molecular weight is 238 g/mol. The molecule has 0 saturated carbocycles. The van der Waals surface area contributed by atoms with E-state index < -0.39 is 0 Å². The van der Waals surface area contributed by atoms with Crippen LogP contribution in [0.2, 0.25) is 0 Å². The monoisotopic (exact) mass is 238 g/mol. The third-order valence-corrected chi connectivity index (χ3v) is 2.95. The molecule has 1 aliphatic rings. The summed E-state index contributed by atoms with van der Waals surface area (Å²) in [6.45, 7) is 3.81. The van der Waals surface area contributed by atoms with E-state index in [-0.39, 0.29) is 5.60 Å². The summed E-state index contributed by atoms with van der Waals surface area (Å²) in [6, 6.07) is 1.71. The molecule has 2 heterocycles. The zero-order chi connectivity index (χ0) is 12.3. The number of rotatable bonds is 4. The number of methoxy groups -OCH3 is 1. The van der Waals surface area contributed by atoms with Crippen molar-refractivity contribution in [1.29, 1.82) is 0 Å². The van der Waals surface area contributed by atoms with Crippen LogP contribution < -0.4 is 11.1 Å². The van der Waals surface area contributed by atoms with Gasteiger partial charge < -0.3 is 20.5 Å². The van der Waals surface area contributed by atoms with E-state index in [9.17, 15) is 0 Å². The van der Waals surface area contributed by atoms with Gasteiger partial charge in [0.15, 0.2) is 0 Å². The minimum Gasteiger partial charge on any atom is -0.384 e. The number of nitrogens with one attached hydrogen (secondary N) is 1. The van der Waals surface area contributed by atoms with Gasteiger partial charge in [-0.1, -0.05) is 0 Å². The molecule has 17 heavy (non-hydrogen) atoms. The summed E-state index contributed by atoms with van der Waals surface area (Å²) < 4.78 is 10.9. The minimum atomic E-state index is -0.256. The molecule has 0 spiro atoms. The van der Waals surface area contributed by atoms with Gasteiger partial charge >= 0.3 is 0 Å². The van der Waals surface area contributed by atoms with Crippen molar-refractivity contribution in [3.8, 4) is 0 Å². The number of hydrogen-bond donors (Lipinski definition) is 2. The molecule has 94 valence electrons. The molecule has 0 radical (unpaired) electrons. The van der Waals surface area contributed by atoms with Crippen molar-refractivity contribution in [3.05, 3.63) is 11.9 Å². The van der Waals surface area contributed by atoms with E-state index in [4.69, 9.17) is 15.2 Å². The molecule has 1 atom stereocenters. The Morgan fingerprint density at radius 1 is 1.59 bits per heavy atom. The SMILES string of the molecule is COC1(CNc2cc(N)nc(C)n2)CCOC1. The molecule has 6 nitrogen and oxygen atoms in total. The minimum absolute atomic E-state index is 0.256. The molecule has 1 aromatic heterocycles. The zero-order valence-electron chi connectivity index (χ0n) is 10.2. The normalized spacial score (nSPS) is 23.9. The Bertz CT molecular complexity index is 371. The third kappa shape index (κ3) is 2.83. The molecule has 1 unspecified atom stereocenters. The van der Waals surface area contributed by atoms with Crippen molar-refractivity contribution in [3.63, 3.8) is 0 Å². The quantitative estimate of drug-likeness (QED) is 0.798. The Labute approximate surface area is 101 Å². The van der Waals surface area contributed by atoms with Gasteiger partial charge in [0, 0.05) is 32.7 Å². The summed E-state index contributed by atoms with van der Waals surface area (Å²) in [5.41, 5.74) is 5.41. The van der Waals surface area contributed by atoms with E-state index in [1.165, 1.54) is 0 Å². The molecular weight excluding hydrogens is 220 g/mol. The fourth-order valence-corrected chi connectivity index (χ4v) is 1.89. The van der Waals surface area contributed by atoms with Crippen molar-refractivity contribution < 1.29 is 9.47 Å². The number of nitrogen functional groups attached to an aromatic ring is 1. The largest absolute Gasteiger partial charge is 0.384 e. The van der Waals surface area contributed by atoms with Crippen molar-refractivity contribution in [2.75, 3.05) is 37.9 Å². The van der Waals surface area contributed by atoms with Gasteiger partial charge in [0.05, 0.1) is 6.61 Å². The Hall–Kier alpha value is -1.40. The van der Waals surface area contributed by atoms with Crippen LogP contribution in [0.15, 0.2) is 6.07 Å². The lowest BCUT2D eigenvalue weighted by molar-refractivity contribution is -0.00625. The second-order valence-electron chi connectivity index (χ2n) is 4.27. The van der Waals surface area contributed by atoms with E-state index >= 15 is 0 Å². The first-order chi connectivity index (χ1) is 8.13. The highest BCUT2D eigenvalue weighted by Gasteiger charge is 2.34. The Morgan fingerprint density at radius 3 is 3.00 bits per heavy atom. The van der Waals surface area contributed by atoms with Crippen molar-refractivity contribution in [2.45, 2.75) is 18.9 Å². The van der Waals surface area contributed by atoms with Gasteiger partial charge in [-0.3, -0.25) is 0 Å². The molecule has 0 aliphatic carbocycles. The Kier molecular flexibility index (Phi) is 3.44. The lowest BCUT2D eigenvalue weighted by Gasteiger charge is -2.26. The topological polar surface area (TPSA) is 82.3 Å². The highest BCUT2D eigenvalue weighted by molar-refractivity contribution is 5.44. The number of aryl methyl sites for hydroxylation is 1. The second kappa shape index (κ2) is 4.85.